The first-order valence-corrected chi connectivity index (χ1v) is 7.98. The van der Waals surface area contributed by atoms with E-state index in [1.807, 2.05) is 12.3 Å². The Labute approximate surface area is 129 Å². The summed E-state index contributed by atoms with van der Waals surface area (Å²) < 4.78 is 14.2. The third kappa shape index (κ3) is 4.69. The summed E-state index contributed by atoms with van der Waals surface area (Å²) in [5.41, 5.74) is 2.22. The van der Waals surface area contributed by atoms with Gasteiger partial charge < -0.3 is 0 Å². The fourth-order valence-corrected chi connectivity index (χ4v) is 2.95. The Bertz CT molecular complexity index is 498. The fourth-order valence-electron chi connectivity index (χ4n) is 2.08. The summed E-state index contributed by atoms with van der Waals surface area (Å²) >= 11 is 6.97. The van der Waals surface area contributed by atoms with Gasteiger partial charge in [0.05, 0.1) is 0 Å². The molecule has 0 aliphatic rings. The van der Waals surface area contributed by atoms with E-state index in [2.05, 4.69) is 42.9 Å². The highest BCUT2D eigenvalue weighted by atomic mass is 79.9. The van der Waals surface area contributed by atoms with Crippen LogP contribution in [0.4, 0.5) is 4.39 Å². The first-order chi connectivity index (χ1) is 9.17. The molecule has 1 atom stereocenters. The Morgan fingerprint density at radius 3 is 2.58 bits per heavy atom. The molecular formula is C15H14Br2FN. The maximum Gasteiger partial charge on any atom is 0.123 e. The minimum atomic E-state index is -0.171. The van der Waals surface area contributed by atoms with Gasteiger partial charge in [-0.2, -0.15) is 0 Å². The molecule has 1 heterocycles. The molecule has 1 aromatic carbocycles. The molecule has 0 amide bonds. The van der Waals surface area contributed by atoms with E-state index in [1.54, 1.807) is 18.3 Å². The fraction of sp³-hybridized carbons (Fsp3) is 0.267. The summed E-state index contributed by atoms with van der Waals surface area (Å²) in [5, 5.41) is 0.885. The lowest BCUT2D eigenvalue weighted by Crippen LogP contribution is -2.10. The molecule has 4 heteroatoms. The number of hydrogen-bond donors (Lipinski definition) is 0. The summed E-state index contributed by atoms with van der Waals surface area (Å²) in [6, 6.07) is 8.89. The standard InChI is InChI=1S/C15H14Br2FN/c16-8-12(4-11-2-1-3-15(18)7-11)5-13-6-14(17)10-19-9-13/h1-3,6-7,9-10,12H,4-5,8H2. The van der Waals surface area contributed by atoms with E-state index in [1.165, 1.54) is 11.6 Å². The van der Waals surface area contributed by atoms with E-state index in [0.29, 0.717) is 5.92 Å². The Morgan fingerprint density at radius 2 is 1.89 bits per heavy atom. The molecule has 1 nitrogen and oxygen atoms in total. The van der Waals surface area contributed by atoms with Crippen molar-refractivity contribution in [3.8, 4) is 0 Å². The molecule has 0 aliphatic heterocycles. The maximum atomic E-state index is 13.2. The van der Waals surface area contributed by atoms with Gasteiger partial charge in [-0.05, 0) is 64.0 Å². The van der Waals surface area contributed by atoms with Gasteiger partial charge in [-0.15, -0.1) is 0 Å². The topological polar surface area (TPSA) is 12.9 Å². The van der Waals surface area contributed by atoms with Crippen LogP contribution in [-0.4, -0.2) is 10.3 Å². The van der Waals surface area contributed by atoms with Crippen molar-refractivity contribution in [2.75, 3.05) is 5.33 Å². The van der Waals surface area contributed by atoms with Gasteiger partial charge in [-0.25, -0.2) is 4.39 Å². The van der Waals surface area contributed by atoms with E-state index in [4.69, 9.17) is 0 Å². The molecule has 0 bridgehead atoms. The summed E-state index contributed by atoms with van der Waals surface area (Å²) in [6.45, 7) is 0. The van der Waals surface area contributed by atoms with Crippen LogP contribution < -0.4 is 0 Å². The number of rotatable bonds is 5. The molecule has 0 aliphatic carbocycles. The van der Waals surface area contributed by atoms with Crippen LogP contribution in [-0.2, 0) is 12.8 Å². The van der Waals surface area contributed by atoms with Gasteiger partial charge in [0.25, 0.3) is 0 Å². The number of benzene rings is 1. The second-order valence-corrected chi connectivity index (χ2v) is 6.13. The van der Waals surface area contributed by atoms with Gasteiger partial charge in [0.1, 0.15) is 5.82 Å². The van der Waals surface area contributed by atoms with E-state index in [0.717, 1.165) is 28.2 Å². The smallest absolute Gasteiger partial charge is 0.123 e. The van der Waals surface area contributed by atoms with Gasteiger partial charge in [-0.3, -0.25) is 4.98 Å². The summed E-state index contributed by atoms with van der Waals surface area (Å²) in [5.74, 6) is 0.257. The molecular weight excluding hydrogens is 373 g/mol. The number of halogens is 3. The van der Waals surface area contributed by atoms with Crippen molar-refractivity contribution < 1.29 is 4.39 Å². The van der Waals surface area contributed by atoms with E-state index < -0.39 is 0 Å². The van der Waals surface area contributed by atoms with Gasteiger partial charge in [0.2, 0.25) is 0 Å². The highest BCUT2D eigenvalue weighted by molar-refractivity contribution is 9.10. The molecule has 0 saturated carbocycles. The van der Waals surface area contributed by atoms with Gasteiger partial charge in [-0.1, -0.05) is 28.1 Å². The van der Waals surface area contributed by atoms with Crippen molar-refractivity contribution in [1.82, 2.24) is 4.98 Å². The molecule has 0 fully saturated rings. The molecule has 2 rings (SSSR count). The molecule has 0 saturated heterocycles. The molecule has 0 N–H and O–H groups in total. The minimum Gasteiger partial charge on any atom is -0.263 e. The summed E-state index contributed by atoms with van der Waals surface area (Å²) in [4.78, 5) is 4.17. The van der Waals surface area contributed by atoms with Crippen molar-refractivity contribution >= 4 is 31.9 Å². The van der Waals surface area contributed by atoms with Crippen LogP contribution in [0.1, 0.15) is 11.1 Å². The average molecular weight is 387 g/mol. The summed E-state index contributed by atoms with van der Waals surface area (Å²) in [6.07, 6.45) is 5.44. The Morgan fingerprint density at radius 1 is 1.11 bits per heavy atom. The lowest BCUT2D eigenvalue weighted by molar-refractivity contribution is 0.581. The van der Waals surface area contributed by atoms with E-state index >= 15 is 0 Å². The van der Waals surface area contributed by atoms with Crippen molar-refractivity contribution in [3.05, 3.63) is 64.1 Å². The predicted molar refractivity (Wildman–Crippen MR) is 83.0 cm³/mol. The number of nitrogens with zero attached hydrogens (tertiary/aromatic N) is 1. The first-order valence-electron chi connectivity index (χ1n) is 6.07. The van der Waals surface area contributed by atoms with Crippen molar-refractivity contribution in [3.63, 3.8) is 0 Å². The van der Waals surface area contributed by atoms with Gasteiger partial charge in [0.15, 0.2) is 0 Å². The highest BCUT2D eigenvalue weighted by Gasteiger charge is 2.10. The third-order valence-corrected chi connectivity index (χ3v) is 4.27. The molecule has 100 valence electrons. The van der Waals surface area contributed by atoms with Crippen LogP contribution in [0.25, 0.3) is 0 Å². The molecule has 2 aromatic rings. The predicted octanol–water partition coefficient (Wildman–Crippen LogP) is 4.78. The van der Waals surface area contributed by atoms with Crippen LogP contribution in [0.2, 0.25) is 0 Å². The van der Waals surface area contributed by atoms with Crippen molar-refractivity contribution in [2.45, 2.75) is 12.8 Å². The summed E-state index contributed by atoms with van der Waals surface area (Å²) in [7, 11) is 0. The van der Waals surface area contributed by atoms with E-state index in [-0.39, 0.29) is 5.82 Å². The van der Waals surface area contributed by atoms with Crippen LogP contribution in [0.5, 0.6) is 0 Å². The maximum absolute atomic E-state index is 13.2. The van der Waals surface area contributed by atoms with Crippen molar-refractivity contribution in [2.24, 2.45) is 5.92 Å². The molecule has 19 heavy (non-hydrogen) atoms. The molecule has 1 unspecified atom stereocenters. The normalized spacial score (nSPS) is 12.4. The quantitative estimate of drug-likeness (QED) is 0.674. The Balaban J connectivity index is 2.04. The van der Waals surface area contributed by atoms with Crippen LogP contribution in [0, 0.1) is 11.7 Å². The zero-order chi connectivity index (χ0) is 13.7. The lowest BCUT2D eigenvalue weighted by Gasteiger charge is -2.14. The molecule has 1 aromatic heterocycles. The van der Waals surface area contributed by atoms with Crippen LogP contribution in [0.3, 0.4) is 0 Å². The monoisotopic (exact) mass is 385 g/mol. The number of aromatic nitrogens is 1. The van der Waals surface area contributed by atoms with Gasteiger partial charge in [0, 0.05) is 22.2 Å². The first kappa shape index (κ1) is 14.7. The molecule has 0 radical (unpaired) electrons. The second-order valence-electron chi connectivity index (χ2n) is 4.57. The van der Waals surface area contributed by atoms with Crippen LogP contribution >= 0.6 is 31.9 Å². The van der Waals surface area contributed by atoms with E-state index in [9.17, 15) is 4.39 Å². The Kier molecular flexibility index (Phi) is 5.52. The van der Waals surface area contributed by atoms with Crippen LogP contribution in [0.15, 0.2) is 47.2 Å². The Hall–Kier alpha value is -0.740. The number of alkyl halides is 1. The second kappa shape index (κ2) is 7.15. The average Bonchev–Trinajstić information content (AvgIpc) is 2.38. The number of hydrogen-bond acceptors (Lipinski definition) is 1. The van der Waals surface area contributed by atoms with Crippen molar-refractivity contribution in [1.29, 1.82) is 0 Å². The highest BCUT2D eigenvalue weighted by Crippen LogP contribution is 2.19. The number of pyridine rings is 1. The third-order valence-electron chi connectivity index (χ3n) is 2.92. The lowest BCUT2D eigenvalue weighted by atomic mass is 9.95. The zero-order valence-electron chi connectivity index (χ0n) is 10.3. The SMILES string of the molecule is Fc1cccc(CC(CBr)Cc2cncc(Br)c2)c1. The van der Waals surface area contributed by atoms with Gasteiger partial charge >= 0.3 is 0 Å². The zero-order valence-corrected chi connectivity index (χ0v) is 13.5. The molecule has 0 spiro atoms. The largest absolute Gasteiger partial charge is 0.263 e. The minimum absolute atomic E-state index is 0.171.